The molecular weight excluding hydrogens is 364 g/mol. The van der Waals surface area contributed by atoms with Gasteiger partial charge in [-0.25, -0.2) is 4.98 Å². The van der Waals surface area contributed by atoms with Gasteiger partial charge in [0.25, 0.3) is 5.91 Å². The first-order valence-corrected chi connectivity index (χ1v) is 10.0. The number of benzene rings is 2. The minimum atomic E-state index is -0.137. The van der Waals surface area contributed by atoms with Gasteiger partial charge >= 0.3 is 0 Å². The molecule has 1 atom stereocenters. The standard InChI is InChI=1S/C22H24N6O/c1-27-10-4-3-5-20(27)21-25-17-8-7-16(12-18(17)26-21)24-22(29)14-6-9-19-15(11-14)13-23-28(19)2/h6-9,11-13,20H,3-5,10H2,1-2H3,(H,24,29)(H,25,26). The molecule has 0 saturated carbocycles. The molecule has 3 heterocycles. The number of piperidine rings is 1. The molecule has 1 unspecified atom stereocenters. The van der Waals surface area contributed by atoms with E-state index in [9.17, 15) is 4.79 Å². The first-order chi connectivity index (χ1) is 14.1. The fraction of sp³-hybridized carbons (Fsp3) is 0.318. The normalized spacial score (nSPS) is 17.8. The van der Waals surface area contributed by atoms with Gasteiger partial charge in [-0.3, -0.25) is 14.4 Å². The van der Waals surface area contributed by atoms with Gasteiger partial charge in [0.1, 0.15) is 5.82 Å². The zero-order chi connectivity index (χ0) is 20.0. The zero-order valence-corrected chi connectivity index (χ0v) is 16.6. The third-order valence-corrected chi connectivity index (χ3v) is 5.85. The number of carbonyl (C=O) groups is 1. The zero-order valence-electron chi connectivity index (χ0n) is 16.6. The van der Waals surface area contributed by atoms with Crippen molar-refractivity contribution in [1.82, 2.24) is 24.6 Å². The molecule has 0 spiro atoms. The van der Waals surface area contributed by atoms with Crippen molar-refractivity contribution < 1.29 is 4.79 Å². The first-order valence-electron chi connectivity index (χ1n) is 10.0. The van der Waals surface area contributed by atoms with Gasteiger partial charge in [-0.1, -0.05) is 6.42 Å². The van der Waals surface area contributed by atoms with E-state index in [1.807, 2.05) is 43.4 Å². The van der Waals surface area contributed by atoms with E-state index < -0.39 is 0 Å². The number of nitrogens with one attached hydrogen (secondary N) is 2. The maximum atomic E-state index is 12.7. The van der Waals surface area contributed by atoms with Crippen molar-refractivity contribution in [3.05, 3.63) is 54.0 Å². The second kappa shape index (κ2) is 7.00. The van der Waals surface area contributed by atoms with Crippen molar-refractivity contribution in [3.8, 4) is 0 Å². The molecule has 1 aliphatic heterocycles. The highest BCUT2D eigenvalue weighted by atomic mass is 16.1. The molecule has 0 radical (unpaired) electrons. The predicted octanol–water partition coefficient (Wildman–Crippen LogP) is 3.86. The highest BCUT2D eigenvalue weighted by molar-refractivity contribution is 6.06. The minimum Gasteiger partial charge on any atom is -0.341 e. The van der Waals surface area contributed by atoms with Crippen LogP contribution in [0.25, 0.3) is 21.9 Å². The van der Waals surface area contributed by atoms with Crippen LogP contribution in [-0.4, -0.2) is 44.1 Å². The van der Waals surface area contributed by atoms with Gasteiger partial charge in [0, 0.05) is 23.7 Å². The lowest BCUT2D eigenvalue weighted by Gasteiger charge is -2.30. The van der Waals surface area contributed by atoms with Crippen LogP contribution in [0.1, 0.15) is 41.5 Å². The summed E-state index contributed by atoms with van der Waals surface area (Å²) in [7, 11) is 4.04. The average Bonchev–Trinajstić information content (AvgIpc) is 3.31. The van der Waals surface area contributed by atoms with Crippen molar-refractivity contribution in [2.24, 2.45) is 7.05 Å². The van der Waals surface area contributed by atoms with E-state index in [1.165, 1.54) is 12.8 Å². The summed E-state index contributed by atoms with van der Waals surface area (Å²) in [4.78, 5) is 23.3. The number of rotatable bonds is 3. The van der Waals surface area contributed by atoms with Crippen molar-refractivity contribution in [2.75, 3.05) is 18.9 Å². The van der Waals surface area contributed by atoms with Gasteiger partial charge in [-0.2, -0.15) is 5.10 Å². The number of H-pyrrole nitrogens is 1. The second-order valence-corrected chi connectivity index (χ2v) is 7.84. The molecule has 148 valence electrons. The maximum Gasteiger partial charge on any atom is 0.255 e. The summed E-state index contributed by atoms with van der Waals surface area (Å²) in [6, 6.07) is 11.8. The van der Waals surface area contributed by atoms with Crippen molar-refractivity contribution in [3.63, 3.8) is 0 Å². The topological polar surface area (TPSA) is 78.8 Å². The highest BCUT2D eigenvalue weighted by Crippen LogP contribution is 2.29. The second-order valence-electron chi connectivity index (χ2n) is 7.84. The number of carbonyl (C=O) groups excluding carboxylic acids is 1. The summed E-state index contributed by atoms with van der Waals surface area (Å²) in [6.07, 6.45) is 5.37. The van der Waals surface area contributed by atoms with Crippen LogP contribution in [0.2, 0.25) is 0 Å². The highest BCUT2D eigenvalue weighted by Gasteiger charge is 2.23. The molecule has 0 bridgehead atoms. The fourth-order valence-electron chi connectivity index (χ4n) is 4.19. The molecule has 5 rings (SSSR count). The van der Waals surface area contributed by atoms with E-state index in [0.717, 1.165) is 46.4 Å². The summed E-state index contributed by atoms with van der Waals surface area (Å²) in [5.41, 5.74) is 4.23. The number of anilines is 1. The van der Waals surface area contributed by atoms with Gasteiger partial charge in [-0.05, 0) is 62.8 Å². The third kappa shape index (κ3) is 3.27. The van der Waals surface area contributed by atoms with E-state index in [4.69, 9.17) is 4.98 Å². The number of amides is 1. The molecule has 0 aliphatic carbocycles. The maximum absolute atomic E-state index is 12.7. The number of hydrogen-bond acceptors (Lipinski definition) is 4. The summed E-state index contributed by atoms with van der Waals surface area (Å²) >= 11 is 0. The molecular formula is C22H24N6O. The molecule has 1 aliphatic rings. The molecule has 2 aromatic carbocycles. The van der Waals surface area contributed by atoms with Crippen LogP contribution in [0.4, 0.5) is 5.69 Å². The Labute approximate surface area is 168 Å². The van der Waals surface area contributed by atoms with E-state index in [1.54, 1.807) is 10.9 Å². The van der Waals surface area contributed by atoms with E-state index >= 15 is 0 Å². The van der Waals surface area contributed by atoms with Crippen LogP contribution < -0.4 is 5.32 Å². The number of fused-ring (bicyclic) bond motifs is 2. The van der Waals surface area contributed by atoms with Crippen molar-refractivity contribution in [1.29, 1.82) is 0 Å². The molecule has 1 saturated heterocycles. The number of aryl methyl sites for hydroxylation is 1. The Morgan fingerprint density at radius 2 is 2.07 bits per heavy atom. The molecule has 1 amide bonds. The average molecular weight is 388 g/mol. The Morgan fingerprint density at radius 3 is 2.93 bits per heavy atom. The van der Waals surface area contributed by atoms with Crippen molar-refractivity contribution in [2.45, 2.75) is 25.3 Å². The van der Waals surface area contributed by atoms with Gasteiger partial charge < -0.3 is 10.3 Å². The monoisotopic (exact) mass is 388 g/mol. The molecule has 4 aromatic rings. The summed E-state index contributed by atoms with van der Waals surface area (Å²) < 4.78 is 1.80. The fourth-order valence-corrected chi connectivity index (χ4v) is 4.19. The first kappa shape index (κ1) is 17.9. The van der Waals surface area contributed by atoms with Gasteiger partial charge in [0.15, 0.2) is 0 Å². The minimum absolute atomic E-state index is 0.137. The van der Waals surface area contributed by atoms with Gasteiger partial charge in [-0.15, -0.1) is 0 Å². The third-order valence-electron chi connectivity index (χ3n) is 5.85. The summed E-state index contributed by atoms with van der Waals surface area (Å²) in [5, 5.41) is 8.18. The van der Waals surface area contributed by atoms with Crippen LogP contribution in [0.15, 0.2) is 42.6 Å². The van der Waals surface area contributed by atoms with Gasteiger partial charge in [0.2, 0.25) is 0 Å². The Morgan fingerprint density at radius 1 is 1.17 bits per heavy atom. The SMILES string of the molecule is CN1CCCCC1c1nc2ccc(NC(=O)c3ccc4c(cnn4C)c3)cc2[nH]1. The van der Waals surface area contributed by atoms with Crippen LogP contribution in [-0.2, 0) is 7.05 Å². The van der Waals surface area contributed by atoms with Crippen LogP contribution in [0, 0.1) is 0 Å². The largest absolute Gasteiger partial charge is 0.341 e. The Balaban J connectivity index is 1.38. The number of imidazole rings is 1. The number of aromatic nitrogens is 4. The van der Waals surface area contributed by atoms with Crippen LogP contribution in [0.3, 0.4) is 0 Å². The smallest absolute Gasteiger partial charge is 0.255 e. The summed E-state index contributed by atoms with van der Waals surface area (Å²) in [5.74, 6) is 0.870. The number of aromatic amines is 1. The molecule has 29 heavy (non-hydrogen) atoms. The molecule has 7 heteroatoms. The Hall–Kier alpha value is -3.19. The molecule has 7 nitrogen and oxygen atoms in total. The lowest BCUT2D eigenvalue weighted by atomic mass is 10.0. The predicted molar refractivity (Wildman–Crippen MR) is 114 cm³/mol. The Bertz CT molecular complexity index is 1210. The van der Waals surface area contributed by atoms with E-state index in [0.29, 0.717) is 11.6 Å². The lowest BCUT2D eigenvalue weighted by molar-refractivity contribution is 0.102. The number of nitrogens with zero attached hydrogens (tertiary/aromatic N) is 4. The summed E-state index contributed by atoms with van der Waals surface area (Å²) in [6.45, 7) is 1.10. The van der Waals surface area contributed by atoms with E-state index in [-0.39, 0.29) is 5.91 Å². The van der Waals surface area contributed by atoms with Crippen molar-refractivity contribution >= 4 is 33.5 Å². The van der Waals surface area contributed by atoms with Crippen LogP contribution >= 0.6 is 0 Å². The molecule has 2 N–H and O–H groups in total. The Kier molecular flexibility index (Phi) is 4.32. The number of hydrogen-bond donors (Lipinski definition) is 2. The number of likely N-dealkylation sites (tertiary alicyclic amines) is 1. The van der Waals surface area contributed by atoms with Crippen LogP contribution in [0.5, 0.6) is 0 Å². The lowest BCUT2D eigenvalue weighted by Crippen LogP contribution is -2.30. The van der Waals surface area contributed by atoms with E-state index in [2.05, 4.69) is 27.3 Å². The quantitative estimate of drug-likeness (QED) is 0.559. The van der Waals surface area contributed by atoms with Gasteiger partial charge in [0.05, 0.1) is 28.8 Å². The molecule has 1 fully saturated rings. The molecule has 2 aromatic heterocycles.